The molecule has 3 rings (SSSR count). The van der Waals surface area contributed by atoms with Gasteiger partial charge in [-0.15, -0.1) is 5.06 Å². The number of rotatable bonds is 4. The van der Waals surface area contributed by atoms with Crippen molar-refractivity contribution in [1.29, 1.82) is 0 Å². The Labute approximate surface area is 164 Å². The fraction of sp³-hybridized carbons (Fsp3) is 0.263. The maximum atomic E-state index is 12.7. The molecule has 1 aliphatic heterocycles. The number of hydrogen-bond acceptors (Lipinski definition) is 4. The summed E-state index contributed by atoms with van der Waals surface area (Å²) in [6, 6.07) is 12.1. The zero-order valence-electron chi connectivity index (χ0n) is 14.5. The van der Waals surface area contributed by atoms with Crippen LogP contribution in [0.2, 0.25) is 5.02 Å². The van der Waals surface area contributed by atoms with E-state index in [4.69, 9.17) is 11.6 Å². The highest BCUT2D eigenvalue weighted by molar-refractivity contribution is 6.30. The Balaban J connectivity index is 1.85. The number of nitrogens with zero attached hydrogens (tertiary/aromatic N) is 1. The van der Waals surface area contributed by atoms with E-state index in [9.17, 15) is 22.8 Å². The van der Waals surface area contributed by atoms with Crippen molar-refractivity contribution in [2.24, 2.45) is 0 Å². The van der Waals surface area contributed by atoms with Crippen molar-refractivity contribution in [3.05, 3.63) is 64.7 Å². The Bertz CT molecular complexity index is 850. The Kier molecular flexibility index (Phi) is 5.90. The highest BCUT2D eigenvalue weighted by atomic mass is 35.5. The molecule has 1 amide bonds. The molecule has 28 heavy (non-hydrogen) atoms. The first kappa shape index (κ1) is 20.2. The highest BCUT2D eigenvalue weighted by Gasteiger charge is 2.43. The number of halogens is 4. The lowest BCUT2D eigenvalue weighted by Gasteiger charge is -2.28. The minimum atomic E-state index is -5.24. The minimum Gasteiger partial charge on any atom is -0.324 e. The number of amides is 1. The van der Waals surface area contributed by atoms with Gasteiger partial charge < -0.3 is 10.2 Å². The van der Waals surface area contributed by atoms with Crippen LogP contribution in [0.15, 0.2) is 48.5 Å². The first-order valence-corrected chi connectivity index (χ1v) is 8.83. The second-order valence-electron chi connectivity index (χ2n) is 6.29. The predicted octanol–water partition coefficient (Wildman–Crippen LogP) is 3.91. The molecule has 2 aromatic carbocycles. The quantitative estimate of drug-likeness (QED) is 0.773. The summed E-state index contributed by atoms with van der Waals surface area (Å²) in [6.45, 7) is 0.958. The van der Waals surface area contributed by atoms with Crippen LogP contribution in [-0.4, -0.2) is 30.6 Å². The maximum Gasteiger partial charge on any atom is 0.493 e. The molecule has 1 aliphatic rings. The third kappa shape index (κ3) is 4.82. The van der Waals surface area contributed by atoms with Crippen LogP contribution < -0.4 is 10.4 Å². The molecule has 5 nitrogen and oxygen atoms in total. The minimum absolute atomic E-state index is 0.00266. The normalized spacial score (nSPS) is 16.2. The van der Waals surface area contributed by atoms with E-state index in [-0.39, 0.29) is 11.3 Å². The molecule has 0 saturated carbocycles. The summed E-state index contributed by atoms with van der Waals surface area (Å²) in [7, 11) is 0. The van der Waals surface area contributed by atoms with Crippen molar-refractivity contribution >= 4 is 29.2 Å². The topological polar surface area (TPSA) is 58.6 Å². The average molecular weight is 413 g/mol. The third-order valence-electron chi connectivity index (χ3n) is 4.26. The lowest BCUT2D eigenvalue weighted by molar-refractivity contribution is -0.199. The Morgan fingerprint density at radius 2 is 1.71 bits per heavy atom. The summed E-state index contributed by atoms with van der Waals surface area (Å²) >= 11 is 5.77. The molecule has 1 fully saturated rings. The van der Waals surface area contributed by atoms with Gasteiger partial charge in [-0.1, -0.05) is 23.7 Å². The summed E-state index contributed by atoms with van der Waals surface area (Å²) in [6.07, 6.45) is -3.44. The van der Waals surface area contributed by atoms with Gasteiger partial charge in [0.1, 0.15) is 0 Å². The van der Waals surface area contributed by atoms with E-state index in [1.165, 1.54) is 36.4 Å². The molecule has 1 heterocycles. The van der Waals surface area contributed by atoms with Crippen LogP contribution >= 0.6 is 11.6 Å². The van der Waals surface area contributed by atoms with Crippen molar-refractivity contribution in [1.82, 2.24) is 5.32 Å². The summed E-state index contributed by atoms with van der Waals surface area (Å²) in [5, 5.41) is 3.94. The number of nitrogens with one attached hydrogen (secondary N) is 1. The van der Waals surface area contributed by atoms with Gasteiger partial charge in [0.25, 0.3) is 5.91 Å². The molecule has 0 bridgehead atoms. The van der Waals surface area contributed by atoms with E-state index in [1.54, 1.807) is 12.1 Å². The molecule has 1 atom stereocenters. The summed E-state index contributed by atoms with van der Waals surface area (Å²) in [4.78, 5) is 28.4. The largest absolute Gasteiger partial charge is 0.493 e. The molecule has 0 aromatic heterocycles. The standard InChI is InChI=1S/C19H16ClF3N2O3/c20-14-5-3-13(4-6-14)17(26)25(28-18(27)19(21,22)23)16-7-1-12(2-8-16)11-15-9-10-24-15/h1-8,15,24H,9-11H2/t15-/m1/s1. The van der Waals surface area contributed by atoms with Crippen LogP contribution in [0.1, 0.15) is 22.3 Å². The number of benzene rings is 2. The highest BCUT2D eigenvalue weighted by Crippen LogP contribution is 2.24. The predicted molar refractivity (Wildman–Crippen MR) is 97.0 cm³/mol. The molecule has 1 N–H and O–H groups in total. The van der Waals surface area contributed by atoms with Crippen molar-refractivity contribution < 1.29 is 27.6 Å². The number of anilines is 1. The molecule has 148 valence electrons. The van der Waals surface area contributed by atoms with Crippen LogP contribution in [-0.2, 0) is 16.1 Å². The number of carbonyl (C=O) groups is 2. The van der Waals surface area contributed by atoms with Crippen LogP contribution in [0.4, 0.5) is 18.9 Å². The lowest BCUT2D eigenvalue weighted by atomic mass is 9.98. The van der Waals surface area contributed by atoms with Crippen LogP contribution in [0.3, 0.4) is 0 Å². The van der Waals surface area contributed by atoms with Crippen LogP contribution in [0.25, 0.3) is 0 Å². The van der Waals surface area contributed by atoms with Gasteiger partial charge in [-0.3, -0.25) is 4.79 Å². The molecule has 9 heteroatoms. The first-order chi connectivity index (χ1) is 13.2. The Hall–Kier alpha value is -2.58. The average Bonchev–Trinajstić information content (AvgIpc) is 2.62. The number of hydroxylamine groups is 1. The van der Waals surface area contributed by atoms with Gasteiger partial charge in [-0.25, -0.2) is 4.79 Å². The Morgan fingerprint density at radius 1 is 1.11 bits per heavy atom. The van der Waals surface area contributed by atoms with Crippen molar-refractivity contribution in [3.63, 3.8) is 0 Å². The van der Waals surface area contributed by atoms with Gasteiger partial charge in [-0.2, -0.15) is 13.2 Å². The maximum absolute atomic E-state index is 12.7. The van der Waals surface area contributed by atoms with Gasteiger partial charge in [0.2, 0.25) is 0 Å². The zero-order valence-corrected chi connectivity index (χ0v) is 15.3. The summed E-state index contributed by atoms with van der Waals surface area (Å²) in [5.41, 5.74) is 0.965. The number of alkyl halides is 3. The molecule has 0 spiro atoms. The van der Waals surface area contributed by atoms with Crippen LogP contribution in [0, 0.1) is 0 Å². The molecular formula is C19H16ClF3N2O3. The molecule has 0 unspecified atom stereocenters. The summed E-state index contributed by atoms with van der Waals surface area (Å²) < 4.78 is 38.0. The molecule has 2 aromatic rings. The second kappa shape index (κ2) is 8.20. The van der Waals surface area contributed by atoms with Gasteiger partial charge in [0.05, 0.1) is 5.69 Å². The Morgan fingerprint density at radius 3 is 2.21 bits per heavy atom. The molecular weight excluding hydrogens is 397 g/mol. The third-order valence-corrected chi connectivity index (χ3v) is 4.51. The fourth-order valence-electron chi connectivity index (χ4n) is 2.63. The molecule has 0 aliphatic carbocycles. The fourth-order valence-corrected chi connectivity index (χ4v) is 2.76. The van der Waals surface area contributed by atoms with Gasteiger partial charge >= 0.3 is 12.1 Å². The van der Waals surface area contributed by atoms with Gasteiger partial charge in [0.15, 0.2) is 0 Å². The van der Waals surface area contributed by atoms with Crippen molar-refractivity contribution in [2.75, 3.05) is 11.6 Å². The first-order valence-electron chi connectivity index (χ1n) is 8.45. The van der Waals surface area contributed by atoms with Gasteiger partial charge in [-0.05, 0) is 61.3 Å². The van der Waals surface area contributed by atoms with Gasteiger partial charge in [0, 0.05) is 16.6 Å². The zero-order chi connectivity index (χ0) is 20.3. The van der Waals surface area contributed by atoms with Crippen molar-refractivity contribution in [2.45, 2.75) is 25.1 Å². The van der Waals surface area contributed by atoms with E-state index in [2.05, 4.69) is 10.2 Å². The van der Waals surface area contributed by atoms with E-state index in [0.717, 1.165) is 24.9 Å². The van der Waals surface area contributed by atoms with Crippen LogP contribution in [0.5, 0.6) is 0 Å². The number of carbonyl (C=O) groups excluding carboxylic acids is 2. The molecule has 0 radical (unpaired) electrons. The lowest BCUT2D eigenvalue weighted by Crippen LogP contribution is -2.44. The van der Waals surface area contributed by atoms with E-state index < -0.39 is 18.1 Å². The second-order valence-corrected chi connectivity index (χ2v) is 6.73. The van der Waals surface area contributed by atoms with E-state index in [1.807, 2.05) is 0 Å². The monoisotopic (exact) mass is 412 g/mol. The SMILES string of the molecule is O=C(c1ccc(Cl)cc1)N(OC(=O)C(F)(F)F)c1ccc(C[C@H]2CCN2)cc1. The van der Waals surface area contributed by atoms with E-state index >= 15 is 0 Å². The van der Waals surface area contributed by atoms with E-state index in [0.29, 0.717) is 16.1 Å². The smallest absolute Gasteiger partial charge is 0.324 e. The number of hydrogen-bond donors (Lipinski definition) is 1. The van der Waals surface area contributed by atoms with Crippen molar-refractivity contribution in [3.8, 4) is 0 Å². The summed E-state index contributed by atoms with van der Waals surface area (Å²) in [5.74, 6) is -3.42. The molecule has 1 saturated heterocycles.